The van der Waals surface area contributed by atoms with E-state index < -0.39 is 0 Å². The van der Waals surface area contributed by atoms with Gasteiger partial charge in [0.2, 0.25) is 0 Å². The van der Waals surface area contributed by atoms with Crippen LogP contribution in [0.25, 0.3) is 0 Å². The summed E-state index contributed by atoms with van der Waals surface area (Å²) in [4.78, 5) is 18.0. The molecule has 94 valence electrons. The fourth-order valence-corrected chi connectivity index (χ4v) is 1.76. The van der Waals surface area contributed by atoms with Crippen LogP contribution in [0.3, 0.4) is 0 Å². The lowest BCUT2D eigenvalue weighted by atomic mass is 10.2. The number of nitrogen functional groups attached to an aromatic ring is 1. The minimum atomic E-state index is -0.115. The predicted octanol–water partition coefficient (Wildman–Crippen LogP) is 0.885. The minimum Gasteiger partial charge on any atom is -0.333 e. The maximum absolute atomic E-state index is 12.2. The van der Waals surface area contributed by atoms with Crippen LogP contribution in [0.4, 0.5) is 5.69 Å². The predicted molar refractivity (Wildman–Crippen MR) is 66.3 cm³/mol. The summed E-state index contributed by atoms with van der Waals surface area (Å²) in [5, 5.41) is 8.61. The summed E-state index contributed by atoms with van der Waals surface area (Å²) >= 11 is 0. The summed E-state index contributed by atoms with van der Waals surface area (Å²) < 4.78 is 0. The zero-order valence-electron chi connectivity index (χ0n) is 9.97. The molecule has 6 heteroatoms. The van der Waals surface area contributed by atoms with Crippen molar-refractivity contribution in [3.63, 3.8) is 0 Å². The van der Waals surface area contributed by atoms with Gasteiger partial charge in [-0.05, 0) is 25.0 Å². The number of rotatable bonds is 5. The van der Waals surface area contributed by atoms with Crippen molar-refractivity contribution in [2.75, 3.05) is 12.0 Å². The van der Waals surface area contributed by atoms with E-state index in [-0.39, 0.29) is 11.9 Å². The van der Waals surface area contributed by atoms with Gasteiger partial charge in [-0.1, -0.05) is 0 Å². The molecule has 1 heterocycles. The first kappa shape index (κ1) is 12.3. The van der Waals surface area contributed by atoms with Crippen molar-refractivity contribution >= 4 is 11.6 Å². The molecule has 1 aliphatic carbocycles. The lowest BCUT2D eigenvalue weighted by Gasteiger charge is -2.20. The average molecular weight is 245 g/mol. The number of aromatic nitrogens is 1. The molecule has 6 nitrogen and oxygen atoms in total. The highest BCUT2D eigenvalue weighted by molar-refractivity contribution is 5.93. The van der Waals surface area contributed by atoms with Gasteiger partial charge in [-0.25, -0.2) is 4.98 Å². The van der Waals surface area contributed by atoms with Gasteiger partial charge in [0, 0.05) is 12.6 Å². The molecule has 2 rings (SSSR count). The molecule has 1 aromatic rings. The summed E-state index contributed by atoms with van der Waals surface area (Å²) in [5.74, 6) is 5.12. The number of hydrazine groups is 1. The molecule has 1 saturated carbocycles. The second kappa shape index (κ2) is 5.47. The highest BCUT2D eigenvalue weighted by Gasteiger charge is 2.33. The lowest BCUT2D eigenvalue weighted by Crippen LogP contribution is -2.34. The Labute approximate surface area is 105 Å². The Balaban J connectivity index is 2.09. The Morgan fingerprint density at radius 1 is 1.61 bits per heavy atom. The summed E-state index contributed by atoms with van der Waals surface area (Å²) in [7, 11) is 0. The Bertz CT molecular complexity index is 460. The number of nitriles is 1. The zero-order chi connectivity index (χ0) is 13.0. The maximum atomic E-state index is 12.2. The number of nitrogens with one attached hydrogen (secondary N) is 1. The molecule has 0 radical (unpaired) electrons. The third kappa shape index (κ3) is 2.76. The normalized spacial score (nSPS) is 13.8. The van der Waals surface area contributed by atoms with Gasteiger partial charge in [0.05, 0.1) is 24.4 Å². The van der Waals surface area contributed by atoms with Crippen LogP contribution in [0.2, 0.25) is 0 Å². The third-order valence-electron chi connectivity index (χ3n) is 2.86. The zero-order valence-corrected chi connectivity index (χ0v) is 9.97. The van der Waals surface area contributed by atoms with E-state index in [4.69, 9.17) is 11.1 Å². The van der Waals surface area contributed by atoms with Crippen LogP contribution in [0.1, 0.15) is 29.8 Å². The molecule has 1 aromatic heterocycles. The van der Waals surface area contributed by atoms with Gasteiger partial charge < -0.3 is 10.3 Å². The lowest BCUT2D eigenvalue weighted by molar-refractivity contribution is 0.0741. The maximum Gasteiger partial charge on any atom is 0.272 e. The molecule has 0 aliphatic heterocycles. The number of carbonyl (C=O) groups excluding carboxylic acids is 1. The molecule has 0 bridgehead atoms. The summed E-state index contributed by atoms with van der Waals surface area (Å²) in [6.45, 7) is 0.471. The van der Waals surface area contributed by atoms with Crippen LogP contribution in [0.15, 0.2) is 18.3 Å². The number of hydrogen-bond acceptors (Lipinski definition) is 5. The van der Waals surface area contributed by atoms with Gasteiger partial charge in [0.1, 0.15) is 5.69 Å². The molecule has 0 spiro atoms. The van der Waals surface area contributed by atoms with E-state index in [9.17, 15) is 4.79 Å². The summed E-state index contributed by atoms with van der Waals surface area (Å²) in [6.07, 6.45) is 3.90. The van der Waals surface area contributed by atoms with Crippen LogP contribution >= 0.6 is 0 Å². The molecule has 3 N–H and O–H groups in total. The highest BCUT2D eigenvalue weighted by Crippen LogP contribution is 2.28. The quantitative estimate of drug-likeness (QED) is 0.593. The number of hydrogen-bond donors (Lipinski definition) is 2. The fraction of sp³-hybridized carbons (Fsp3) is 0.417. The van der Waals surface area contributed by atoms with E-state index in [1.165, 1.54) is 6.20 Å². The molecule has 1 aliphatic rings. The van der Waals surface area contributed by atoms with Crippen LogP contribution in [-0.4, -0.2) is 28.4 Å². The SMILES string of the molecule is N#CCCN(C(=O)c1ccc(NN)cn1)C1CC1. The number of pyridine rings is 1. The third-order valence-corrected chi connectivity index (χ3v) is 2.86. The van der Waals surface area contributed by atoms with Crippen molar-refractivity contribution in [1.29, 1.82) is 5.26 Å². The molecular formula is C12H15N5O. The molecule has 1 amide bonds. The van der Waals surface area contributed by atoms with Gasteiger partial charge in [0.25, 0.3) is 5.91 Å². The van der Waals surface area contributed by atoms with E-state index in [0.29, 0.717) is 24.3 Å². The van der Waals surface area contributed by atoms with E-state index in [2.05, 4.69) is 16.5 Å². The Morgan fingerprint density at radius 2 is 2.39 bits per heavy atom. The van der Waals surface area contributed by atoms with Gasteiger partial charge in [-0.15, -0.1) is 0 Å². The Morgan fingerprint density at radius 3 is 2.89 bits per heavy atom. The van der Waals surface area contributed by atoms with Crippen LogP contribution in [0, 0.1) is 11.3 Å². The van der Waals surface area contributed by atoms with Crippen molar-refractivity contribution < 1.29 is 4.79 Å². The molecule has 18 heavy (non-hydrogen) atoms. The molecule has 0 aromatic carbocycles. The average Bonchev–Trinajstić information content (AvgIpc) is 3.24. The first-order valence-corrected chi connectivity index (χ1v) is 5.87. The topological polar surface area (TPSA) is 95.0 Å². The number of nitrogens with zero attached hydrogens (tertiary/aromatic N) is 3. The van der Waals surface area contributed by atoms with Gasteiger partial charge in [0.15, 0.2) is 0 Å². The van der Waals surface area contributed by atoms with Gasteiger partial charge in [-0.3, -0.25) is 10.6 Å². The standard InChI is InChI=1S/C12H15N5O/c13-6-1-7-17(10-3-4-10)12(18)11-5-2-9(16-14)8-15-11/h2,5,8,10,16H,1,3-4,7,14H2. The van der Waals surface area contributed by atoms with Crippen molar-refractivity contribution in [2.45, 2.75) is 25.3 Å². The molecular weight excluding hydrogens is 230 g/mol. The largest absolute Gasteiger partial charge is 0.333 e. The van der Waals surface area contributed by atoms with Crippen molar-refractivity contribution in [1.82, 2.24) is 9.88 Å². The first-order chi connectivity index (χ1) is 8.76. The highest BCUT2D eigenvalue weighted by atomic mass is 16.2. The number of anilines is 1. The number of carbonyl (C=O) groups is 1. The second-order valence-electron chi connectivity index (χ2n) is 4.21. The summed E-state index contributed by atoms with van der Waals surface area (Å²) in [5.41, 5.74) is 3.50. The van der Waals surface area contributed by atoms with Gasteiger partial charge >= 0.3 is 0 Å². The molecule has 0 atom stereocenters. The van der Waals surface area contributed by atoms with Crippen LogP contribution < -0.4 is 11.3 Å². The Hall–Kier alpha value is -2.13. The van der Waals surface area contributed by atoms with E-state index in [1.807, 2.05) is 0 Å². The van der Waals surface area contributed by atoms with Crippen molar-refractivity contribution in [3.8, 4) is 6.07 Å². The van der Waals surface area contributed by atoms with Gasteiger partial charge in [-0.2, -0.15) is 5.26 Å². The van der Waals surface area contributed by atoms with E-state index >= 15 is 0 Å². The first-order valence-electron chi connectivity index (χ1n) is 5.87. The van der Waals surface area contributed by atoms with Crippen LogP contribution in [-0.2, 0) is 0 Å². The molecule has 0 saturated heterocycles. The van der Waals surface area contributed by atoms with Crippen molar-refractivity contribution in [2.24, 2.45) is 5.84 Å². The monoisotopic (exact) mass is 245 g/mol. The van der Waals surface area contributed by atoms with Crippen LogP contribution in [0.5, 0.6) is 0 Å². The number of nitrogens with two attached hydrogens (primary N) is 1. The minimum absolute atomic E-state index is 0.115. The Kier molecular flexibility index (Phi) is 3.75. The summed E-state index contributed by atoms with van der Waals surface area (Å²) in [6, 6.07) is 5.68. The number of amides is 1. The fourth-order valence-electron chi connectivity index (χ4n) is 1.76. The second-order valence-corrected chi connectivity index (χ2v) is 4.21. The van der Waals surface area contributed by atoms with E-state index in [1.54, 1.807) is 17.0 Å². The molecule has 1 fully saturated rings. The van der Waals surface area contributed by atoms with E-state index in [0.717, 1.165) is 12.8 Å². The van der Waals surface area contributed by atoms with Crippen molar-refractivity contribution in [3.05, 3.63) is 24.0 Å². The molecule has 0 unspecified atom stereocenters. The smallest absolute Gasteiger partial charge is 0.272 e.